The van der Waals surface area contributed by atoms with E-state index in [0.717, 1.165) is 25.0 Å². The van der Waals surface area contributed by atoms with Crippen LogP contribution in [0.15, 0.2) is 29.3 Å². The Labute approximate surface area is 168 Å². The Hall–Kier alpha value is -3.23. The van der Waals surface area contributed by atoms with E-state index in [1.807, 2.05) is 13.8 Å². The summed E-state index contributed by atoms with van der Waals surface area (Å²) < 4.78 is 4.63. The molecule has 1 fully saturated rings. The highest BCUT2D eigenvalue weighted by Crippen LogP contribution is 2.22. The van der Waals surface area contributed by atoms with Gasteiger partial charge in [0.1, 0.15) is 0 Å². The minimum absolute atomic E-state index is 0.0416. The average Bonchev–Trinajstić information content (AvgIpc) is 3.07. The number of aromatic nitrogens is 3. The number of ether oxygens (including phenoxy) is 1. The first-order chi connectivity index (χ1) is 13.9. The quantitative estimate of drug-likeness (QED) is 0.709. The number of methoxy groups -OCH3 is 1. The molecular weight excluding hydrogens is 374 g/mol. The first-order valence-corrected chi connectivity index (χ1v) is 9.64. The zero-order chi connectivity index (χ0) is 21.0. The Bertz CT molecular complexity index is 941. The van der Waals surface area contributed by atoms with E-state index in [4.69, 9.17) is 0 Å². The maximum atomic E-state index is 13.0. The van der Waals surface area contributed by atoms with Crippen molar-refractivity contribution in [3.8, 4) is 0 Å². The van der Waals surface area contributed by atoms with Gasteiger partial charge in [-0.1, -0.05) is 13.3 Å². The lowest BCUT2D eigenvalue weighted by Crippen LogP contribution is -2.40. The molecule has 0 radical (unpaired) electrons. The van der Waals surface area contributed by atoms with Crippen LogP contribution in [0.3, 0.4) is 0 Å². The van der Waals surface area contributed by atoms with E-state index >= 15 is 0 Å². The van der Waals surface area contributed by atoms with Gasteiger partial charge in [0.15, 0.2) is 0 Å². The highest BCUT2D eigenvalue weighted by Gasteiger charge is 2.34. The summed E-state index contributed by atoms with van der Waals surface area (Å²) in [7, 11) is 1.30. The van der Waals surface area contributed by atoms with E-state index in [1.165, 1.54) is 25.6 Å². The monoisotopic (exact) mass is 399 g/mol. The number of carbonyl (C=O) groups excluding carboxylic acids is 2. The maximum Gasteiger partial charge on any atom is 0.341 e. The number of nitrogens with zero attached hydrogens (tertiary/aromatic N) is 3. The summed E-state index contributed by atoms with van der Waals surface area (Å²) in [6, 6.07) is 2.96. The highest BCUT2D eigenvalue weighted by molar-refractivity contribution is 5.94. The van der Waals surface area contributed by atoms with Crippen molar-refractivity contribution in [1.82, 2.24) is 19.9 Å². The van der Waals surface area contributed by atoms with Gasteiger partial charge in [0.05, 0.1) is 18.7 Å². The molecule has 2 aromatic heterocycles. The van der Waals surface area contributed by atoms with Crippen LogP contribution in [-0.4, -0.2) is 57.5 Å². The van der Waals surface area contributed by atoms with E-state index < -0.39 is 5.97 Å². The number of hydrogen-bond donors (Lipinski definition) is 2. The maximum absolute atomic E-state index is 13.0. The van der Waals surface area contributed by atoms with Crippen molar-refractivity contribution in [2.75, 3.05) is 19.0 Å². The Morgan fingerprint density at radius 2 is 2.00 bits per heavy atom. The molecule has 9 nitrogen and oxygen atoms in total. The molecule has 0 aromatic carbocycles. The highest BCUT2D eigenvalue weighted by atomic mass is 16.5. The van der Waals surface area contributed by atoms with Gasteiger partial charge in [-0.25, -0.2) is 14.8 Å². The summed E-state index contributed by atoms with van der Waals surface area (Å²) in [4.78, 5) is 49.2. The first-order valence-electron chi connectivity index (χ1n) is 9.64. The molecule has 3 rings (SSSR count). The van der Waals surface area contributed by atoms with Crippen LogP contribution >= 0.6 is 0 Å². The normalized spacial score (nSPS) is 18.5. The lowest BCUT2D eigenvalue weighted by atomic mass is 10.1. The molecule has 3 heterocycles. The molecule has 2 atom stereocenters. The molecule has 29 heavy (non-hydrogen) atoms. The minimum atomic E-state index is -0.497. The predicted octanol–water partition coefficient (Wildman–Crippen LogP) is 1.62. The van der Waals surface area contributed by atoms with Crippen molar-refractivity contribution in [3.63, 3.8) is 0 Å². The van der Waals surface area contributed by atoms with Gasteiger partial charge in [0.25, 0.3) is 5.91 Å². The number of anilines is 1. The summed E-state index contributed by atoms with van der Waals surface area (Å²) in [5.74, 6) is -0.278. The third kappa shape index (κ3) is 4.61. The molecular formula is C20H25N5O4. The summed E-state index contributed by atoms with van der Waals surface area (Å²) in [5, 5.41) is 3.22. The third-order valence-corrected chi connectivity index (χ3v) is 5.07. The molecule has 0 aliphatic carbocycles. The van der Waals surface area contributed by atoms with Gasteiger partial charge in [-0.15, -0.1) is 0 Å². The van der Waals surface area contributed by atoms with Crippen LogP contribution in [-0.2, 0) is 11.2 Å². The standard InChI is InChI=1S/C20H25N5O4/c1-4-5-15-8-13(9-17(26)23-15)18(27)25-7-6-16(12(25)2)24-20-21-10-14(11-22-20)19(28)29-3/h8-12,16H,4-7H2,1-3H3,(H,23,26)(H,21,22,24). The van der Waals surface area contributed by atoms with Crippen LogP contribution in [0.2, 0.25) is 0 Å². The number of carbonyl (C=O) groups is 2. The molecule has 154 valence electrons. The Kier molecular flexibility index (Phi) is 6.26. The molecule has 2 aromatic rings. The fraction of sp³-hybridized carbons (Fsp3) is 0.450. The van der Waals surface area contributed by atoms with Gasteiger partial charge in [-0.05, 0) is 25.8 Å². The summed E-state index contributed by atoms with van der Waals surface area (Å²) in [5.41, 5.74) is 1.18. The molecule has 0 saturated carbocycles. The number of rotatable bonds is 6. The molecule has 9 heteroatoms. The Balaban J connectivity index is 1.69. The molecule has 2 N–H and O–H groups in total. The zero-order valence-corrected chi connectivity index (χ0v) is 16.8. The average molecular weight is 399 g/mol. The Morgan fingerprint density at radius 1 is 1.28 bits per heavy atom. The predicted molar refractivity (Wildman–Crippen MR) is 107 cm³/mol. The number of pyridine rings is 1. The van der Waals surface area contributed by atoms with Crippen molar-refractivity contribution in [1.29, 1.82) is 0 Å². The molecule has 1 saturated heterocycles. The number of aromatic amines is 1. The lowest BCUT2D eigenvalue weighted by Gasteiger charge is -2.25. The Morgan fingerprint density at radius 3 is 2.66 bits per heavy atom. The number of nitrogens with one attached hydrogen (secondary N) is 2. The topological polar surface area (TPSA) is 117 Å². The van der Waals surface area contributed by atoms with E-state index in [2.05, 4.69) is 25.0 Å². The molecule has 0 spiro atoms. The number of H-pyrrole nitrogens is 1. The van der Waals surface area contributed by atoms with E-state index in [1.54, 1.807) is 11.0 Å². The largest absolute Gasteiger partial charge is 0.465 e. The first kappa shape index (κ1) is 20.5. The second-order valence-electron chi connectivity index (χ2n) is 7.07. The summed E-state index contributed by atoms with van der Waals surface area (Å²) >= 11 is 0. The summed E-state index contributed by atoms with van der Waals surface area (Å²) in [6.07, 6.45) is 5.12. The van der Waals surface area contributed by atoms with Crippen molar-refractivity contribution < 1.29 is 14.3 Å². The van der Waals surface area contributed by atoms with Crippen LogP contribution < -0.4 is 10.9 Å². The van der Waals surface area contributed by atoms with Gasteiger partial charge in [-0.3, -0.25) is 9.59 Å². The number of esters is 1. The van der Waals surface area contributed by atoms with Crippen LogP contribution in [0.25, 0.3) is 0 Å². The van der Waals surface area contributed by atoms with Gasteiger partial charge in [-0.2, -0.15) is 0 Å². The van der Waals surface area contributed by atoms with Crippen molar-refractivity contribution in [2.45, 2.75) is 45.2 Å². The molecule has 1 aliphatic heterocycles. The minimum Gasteiger partial charge on any atom is -0.465 e. The number of likely N-dealkylation sites (tertiary alicyclic amines) is 1. The third-order valence-electron chi connectivity index (χ3n) is 5.07. The SMILES string of the molecule is CCCc1cc(C(=O)N2CCC(Nc3ncc(C(=O)OC)cn3)C2C)cc(=O)[nH]1. The second-order valence-corrected chi connectivity index (χ2v) is 7.07. The molecule has 2 unspecified atom stereocenters. The molecule has 1 amide bonds. The van der Waals surface area contributed by atoms with E-state index in [0.29, 0.717) is 18.1 Å². The summed E-state index contributed by atoms with van der Waals surface area (Å²) in [6.45, 7) is 4.53. The van der Waals surface area contributed by atoms with Crippen LogP contribution in [0, 0.1) is 0 Å². The molecule has 0 bridgehead atoms. The van der Waals surface area contributed by atoms with E-state index in [-0.39, 0.29) is 29.1 Å². The van der Waals surface area contributed by atoms with Crippen molar-refractivity contribution in [2.24, 2.45) is 0 Å². The van der Waals surface area contributed by atoms with E-state index in [9.17, 15) is 14.4 Å². The lowest BCUT2D eigenvalue weighted by molar-refractivity contribution is 0.0599. The number of hydrogen-bond acceptors (Lipinski definition) is 7. The van der Waals surface area contributed by atoms with Crippen LogP contribution in [0.1, 0.15) is 53.1 Å². The number of amides is 1. The van der Waals surface area contributed by atoms with Gasteiger partial charge >= 0.3 is 5.97 Å². The van der Waals surface area contributed by atoms with Gasteiger partial charge in [0, 0.05) is 42.3 Å². The van der Waals surface area contributed by atoms with Crippen LogP contribution in [0.4, 0.5) is 5.95 Å². The van der Waals surface area contributed by atoms with Gasteiger partial charge in [0.2, 0.25) is 11.5 Å². The molecule has 1 aliphatic rings. The van der Waals surface area contributed by atoms with Crippen molar-refractivity contribution >= 4 is 17.8 Å². The fourth-order valence-corrected chi connectivity index (χ4v) is 3.51. The zero-order valence-electron chi connectivity index (χ0n) is 16.8. The van der Waals surface area contributed by atoms with Crippen LogP contribution in [0.5, 0.6) is 0 Å². The van der Waals surface area contributed by atoms with Crippen molar-refractivity contribution in [3.05, 3.63) is 51.7 Å². The smallest absolute Gasteiger partial charge is 0.341 e. The second kappa shape index (κ2) is 8.85. The fourth-order valence-electron chi connectivity index (χ4n) is 3.51. The van der Waals surface area contributed by atoms with Gasteiger partial charge < -0.3 is 19.9 Å². The number of aryl methyl sites for hydroxylation is 1.